The van der Waals surface area contributed by atoms with Crippen molar-refractivity contribution in [2.45, 2.75) is 46.8 Å². The van der Waals surface area contributed by atoms with Gasteiger partial charge in [-0.1, -0.05) is 26.0 Å². The second kappa shape index (κ2) is 8.18. The zero-order valence-electron chi connectivity index (χ0n) is 14.2. The molecule has 1 aromatic carbocycles. The molecule has 1 aliphatic rings. The quantitative estimate of drug-likeness (QED) is 0.802. The van der Waals surface area contributed by atoms with Crippen LogP contribution in [0.15, 0.2) is 23.2 Å². The maximum atomic E-state index is 6.02. The van der Waals surface area contributed by atoms with Crippen LogP contribution >= 0.6 is 0 Å². The van der Waals surface area contributed by atoms with Gasteiger partial charge in [0.25, 0.3) is 0 Å². The van der Waals surface area contributed by atoms with Crippen molar-refractivity contribution in [3.05, 3.63) is 29.3 Å². The molecule has 0 unspecified atom stereocenters. The van der Waals surface area contributed by atoms with E-state index in [0.717, 1.165) is 31.1 Å². The lowest BCUT2D eigenvalue weighted by Crippen LogP contribution is -2.25. The average Bonchev–Trinajstić information content (AvgIpc) is 2.97. The first-order valence-corrected chi connectivity index (χ1v) is 8.18. The van der Waals surface area contributed by atoms with Gasteiger partial charge in [-0.2, -0.15) is 0 Å². The van der Waals surface area contributed by atoms with Gasteiger partial charge in [-0.15, -0.1) is 0 Å². The summed E-state index contributed by atoms with van der Waals surface area (Å²) in [6, 6.07) is 6.23. The number of nitrogens with zero attached hydrogens (tertiary/aromatic N) is 1. The Morgan fingerprint density at radius 1 is 1.18 bits per heavy atom. The number of nitrogens with one attached hydrogen (secondary N) is 1. The monoisotopic (exact) mass is 304 g/mol. The van der Waals surface area contributed by atoms with Gasteiger partial charge < -0.3 is 14.8 Å². The van der Waals surface area contributed by atoms with Crippen LogP contribution in [0.4, 0.5) is 0 Å². The van der Waals surface area contributed by atoms with Gasteiger partial charge in [0.15, 0.2) is 0 Å². The number of hydrogen-bond acceptors (Lipinski definition) is 4. The first kappa shape index (κ1) is 16.8. The summed E-state index contributed by atoms with van der Waals surface area (Å²) in [7, 11) is 0. The van der Waals surface area contributed by atoms with Gasteiger partial charge >= 0.3 is 0 Å². The zero-order valence-corrected chi connectivity index (χ0v) is 14.2. The molecule has 0 aromatic heterocycles. The average molecular weight is 304 g/mol. The summed E-state index contributed by atoms with van der Waals surface area (Å²) in [5.74, 6) is 2.47. The van der Waals surface area contributed by atoms with Crippen LogP contribution in [-0.4, -0.2) is 31.6 Å². The van der Waals surface area contributed by atoms with Gasteiger partial charge in [0, 0.05) is 6.54 Å². The van der Waals surface area contributed by atoms with Crippen molar-refractivity contribution >= 4 is 5.84 Å². The van der Waals surface area contributed by atoms with Crippen LogP contribution < -0.4 is 10.1 Å². The molecule has 122 valence electrons. The van der Waals surface area contributed by atoms with E-state index >= 15 is 0 Å². The molecule has 0 bridgehead atoms. The molecule has 4 nitrogen and oxygen atoms in total. The van der Waals surface area contributed by atoms with E-state index in [9.17, 15) is 0 Å². The van der Waals surface area contributed by atoms with Crippen molar-refractivity contribution in [1.82, 2.24) is 5.32 Å². The topological polar surface area (TPSA) is 42.9 Å². The highest BCUT2D eigenvalue weighted by molar-refractivity contribution is 5.85. The highest BCUT2D eigenvalue weighted by Gasteiger charge is 2.14. The minimum atomic E-state index is 0.230. The molecule has 4 heteroatoms. The van der Waals surface area contributed by atoms with Gasteiger partial charge in [-0.05, 0) is 43.4 Å². The first-order valence-electron chi connectivity index (χ1n) is 8.18. The highest BCUT2D eigenvalue weighted by Crippen LogP contribution is 2.26. The predicted molar refractivity (Wildman–Crippen MR) is 90.7 cm³/mol. The second-order valence-corrected chi connectivity index (χ2v) is 6.40. The molecule has 0 saturated carbocycles. The third kappa shape index (κ3) is 5.02. The summed E-state index contributed by atoms with van der Waals surface area (Å²) in [5, 5.41) is 3.24. The summed E-state index contributed by atoms with van der Waals surface area (Å²) in [5.41, 5.74) is 2.48. The molecule has 0 radical (unpaired) electrons. The third-order valence-electron chi connectivity index (χ3n) is 3.52. The van der Waals surface area contributed by atoms with Crippen molar-refractivity contribution in [3.63, 3.8) is 0 Å². The zero-order chi connectivity index (χ0) is 15.9. The van der Waals surface area contributed by atoms with Crippen LogP contribution in [0.25, 0.3) is 0 Å². The lowest BCUT2D eigenvalue weighted by molar-refractivity contribution is 0.0650. The largest absolute Gasteiger partial charge is 0.485 e. The number of amidine groups is 1. The van der Waals surface area contributed by atoms with E-state index in [4.69, 9.17) is 9.47 Å². The molecule has 22 heavy (non-hydrogen) atoms. The van der Waals surface area contributed by atoms with Gasteiger partial charge in [-0.25, -0.2) is 0 Å². The van der Waals surface area contributed by atoms with E-state index in [1.165, 1.54) is 11.1 Å². The summed E-state index contributed by atoms with van der Waals surface area (Å²) < 4.78 is 11.8. The van der Waals surface area contributed by atoms with Crippen molar-refractivity contribution in [2.75, 3.05) is 19.7 Å². The fraction of sp³-hybridized carbons (Fsp3) is 0.611. The van der Waals surface area contributed by atoms with Crippen LogP contribution in [0.3, 0.4) is 0 Å². The lowest BCUT2D eigenvalue weighted by Gasteiger charge is -2.18. The van der Waals surface area contributed by atoms with E-state index in [1.54, 1.807) is 0 Å². The maximum Gasteiger partial charge on any atom is 0.145 e. The van der Waals surface area contributed by atoms with Crippen molar-refractivity contribution < 1.29 is 9.47 Å². The van der Waals surface area contributed by atoms with Gasteiger partial charge in [-0.3, -0.25) is 4.99 Å². The number of hydrogen-bond donors (Lipinski definition) is 1. The fourth-order valence-corrected chi connectivity index (χ4v) is 2.47. The molecule has 0 saturated heterocycles. The molecule has 1 N–H and O–H groups in total. The molecule has 2 rings (SSSR count). The Bertz CT molecular complexity index is 510. The summed E-state index contributed by atoms with van der Waals surface area (Å²) >= 11 is 0. The number of rotatable bonds is 8. The highest BCUT2D eigenvalue weighted by atomic mass is 16.5. The lowest BCUT2D eigenvalue weighted by atomic mass is 9.97. The Balaban J connectivity index is 2.13. The SMILES string of the molecule is CC(C)Cc1c(COC(C)C)cccc1OCC1=NCCN1. The van der Waals surface area contributed by atoms with Crippen LogP contribution in [0, 0.1) is 5.92 Å². The molecule has 0 amide bonds. The Labute approximate surface area is 133 Å². The predicted octanol–water partition coefficient (Wildman–Crippen LogP) is 3.19. The number of aliphatic imine (C=N–C) groups is 1. The van der Waals surface area contributed by atoms with E-state index in [2.05, 4.69) is 44.1 Å². The Morgan fingerprint density at radius 2 is 2.00 bits per heavy atom. The van der Waals surface area contributed by atoms with E-state index < -0.39 is 0 Å². The van der Waals surface area contributed by atoms with Gasteiger partial charge in [0.2, 0.25) is 0 Å². The second-order valence-electron chi connectivity index (χ2n) is 6.40. The van der Waals surface area contributed by atoms with Crippen LogP contribution in [-0.2, 0) is 17.8 Å². The van der Waals surface area contributed by atoms with Crippen molar-refractivity contribution in [1.29, 1.82) is 0 Å². The van der Waals surface area contributed by atoms with Crippen LogP contribution in [0.2, 0.25) is 0 Å². The summed E-state index contributed by atoms with van der Waals surface area (Å²) in [4.78, 5) is 4.38. The standard InChI is InChI=1S/C18H28N2O2/c1-13(2)10-16-15(11-21-14(3)4)6-5-7-17(16)22-12-18-19-8-9-20-18/h5-7,13-14H,8-12H2,1-4H3,(H,19,20). The summed E-state index contributed by atoms with van der Waals surface area (Å²) in [6.07, 6.45) is 1.22. The van der Waals surface area contributed by atoms with E-state index in [1.807, 2.05) is 12.1 Å². The van der Waals surface area contributed by atoms with Crippen molar-refractivity contribution in [3.8, 4) is 5.75 Å². The first-order chi connectivity index (χ1) is 10.6. The van der Waals surface area contributed by atoms with E-state index in [0.29, 0.717) is 19.1 Å². The normalized spacial score (nSPS) is 14.4. The molecular weight excluding hydrogens is 276 g/mol. The molecule has 0 spiro atoms. The molecule has 0 aliphatic carbocycles. The molecular formula is C18H28N2O2. The molecule has 0 fully saturated rings. The Morgan fingerprint density at radius 3 is 2.64 bits per heavy atom. The van der Waals surface area contributed by atoms with Crippen LogP contribution in [0.1, 0.15) is 38.8 Å². The summed E-state index contributed by atoms with van der Waals surface area (Å²) in [6.45, 7) is 11.5. The fourth-order valence-electron chi connectivity index (χ4n) is 2.47. The van der Waals surface area contributed by atoms with Crippen LogP contribution in [0.5, 0.6) is 5.75 Å². The molecule has 1 aliphatic heterocycles. The number of benzene rings is 1. The third-order valence-corrected chi connectivity index (χ3v) is 3.52. The minimum Gasteiger partial charge on any atom is -0.485 e. The van der Waals surface area contributed by atoms with Crippen molar-refractivity contribution in [2.24, 2.45) is 10.9 Å². The van der Waals surface area contributed by atoms with Gasteiger partial charge in [0.05, 0.1) is 19.3 Å². The smallest absolute Gasteiger partial charge is 0.145 e. The minimum absolute atomic E-state index is 0.230. The van der Waals surface area contributed by atoms with E-state index in [-0.39, 0.29) is 6.10 Å². The molecule has 1 heterocycles. The number of ether oxygens (including phenoxy) is 2. The Kier molecular flexibility index (Phi) is 6.25. The maximum absolute atomic E-state index is 6.02. The Hall–Kier alpha value is -1.55. The van der Waals surface area contributed by atoms with Gasteiger partial charge in [0.1, 0.15) is 18.2 Å². The molecule has 1 aromatic rings. The molecule has 0 atom stereocenters.